The number of anilines is 2. The summed E-state index contributed by atoms with van der Waals surface area (Å²) in [7, 11) is -3.17. The largest absolute Gasteiger partial charge is 0.379 e. The summed E-state index contributed by atoms with van der Waals surface area (Å²) in [6.07, 6.45) is 0. The maximum absolute atomic E-state index is 15.7. The molecule has 0 bridgehead atoms. The van der Waals surface area contributed by atoms with Gasteiger partial charge in [-0.05, 0) is 48.4 Å². The van der Waals surface area contributed by atoms with Crippen molar-refractivity contribution in [3.8, 4) is 0 Å². The van der Waals surface area contributed by atoms with E-state index in [4.69, 9.17) is 4.74 Å². The van der Waals surface area contributed by atoms with Crippen molar-refractivity contribution in [3.63, 3.8) is 0 Å². The first kappa shape index (κ1) is 22.7. The highest BCUT2D eigenvalue weighted by atomic mass is 79.9. The molecule has 0 radical (unpaired) electrons. The van der Waals surface area contributed by atoms with Gasteiger partial charge in [0.25, 0.3) is 7.44 Å². The topological polar surface area (TPSA) is 36.0 Å². The van der Waals surface area contributed by atoms with Gasteiger partial charge in [0.2, 0.25) is 0 Å². The van der Waals surface area contributed by atoms with Gasteiger partial charge in [-0.1, -0.05) is 64.5 Å². The van der Waals surface area contributed by atoms with Crippen LogP contribution in [-0.2, 0) is 9.30 Å². The van der Waals surface area contributed by atoms with Crippen LogP contribution < -0.4 is 9.34 Å². The van der Waals surface area contributed by atoms with Crippen molar-refractivity contribution in [2.45, 2.75) is 12.7 Å². The van der Waals surface area contributed by atoms with Crippen molar-refractivity contribution in [2.75, 3.05) is 48.7 Å². The molecular formula is C26H29BrN3O2P. The maximum Gasteiger partial charge on any atom is 0.284 e. The number of hydrogen-bond acceptors (Lipinski definition) is 3. The zero-order valence-corrected chi connectivity index (χ0v) is 21.3. The Labute approximate surface area is 204 Å². The molecule has 2 saturated heterocycles. The summed E-state index contributed by atoms with van der Waals surface area (Å²) >= 11 is 3.82. The summed E-state index contributed by atoms with van der Waals surface area (Å²) in [6, 6.07) is 26.8. The van der Waals surface area contributed by atoms with Crippen molar-refractivity contribution in [2.24, 2.45) is 0 Å². The molecule has 0 unspecified atom stereocenters. The van der Waals surface area contributed by atoms with E-state index in [2.05, 4.69) is 79.6 Å². The molecule has 2 heterocycles. The molecule has 0 saturated carbocycles. The van der Waals surface area contributed by atoms with Crippen LogP contribution in [-0.4, -0.2) is 44.3 Å². The van der Waals surface area contributed by atoms with Gasteiger partial charge in [0.05, 0.1) is 13.2 Å². The molecule has 0 aromatic heterocycles. The number of nitrogens with zero attached hydrogens (tertiary/aromatic N) is 3. The Hall–Kier alpha value is -2.11. The molecule has 1 atom stereocenters. The first-order valence-corrected chi connectivity index (χ1v) is 13.9. The molecular weight excluding hydrogens is 497 g/mol. The molecule has 0 N–H and O–H groups in total. The van der Waals surface area contributed by atoms with E-state index >= 15 is 4.57 Å². The van der Waals surface area contributed by atoms with Crippen LogP contribution in [0.15, 0.2) is 83.3 Å². The lowest BCUT2D eigenvalue weighted by molar-refractivity contribution is 0.0302. The van der Waals surface area contributed by atoms with Gasteiger partial charge in [0, 0.05) is 42.0 Å². The molecule has 172 valence electrons. The molecule has 5 rings (SSSR count). The minimum atomic E-state index is -3.17. The molecule has 0 amide bonds. The third-order valence-electron chi connectivity index (χ3n) is 6.47. The van der Waals surface area contributed by atoms with Crippen LogP contribution in [0.2, 0.25) is 0 Å². The van der Waals surface area contributed by atoms with Gasteiger partial charge in [-0.2, -0.15) is 0 Å². The number of halogens is 1. The van der Waals surface area contributed by atoms with Crippen molar-refractivity contribution in [3.05, 3.63) is 94.5 Å². The molecule has 2 fully saturated rings. The van der Waals surface area contributed by atoms with E-state index < -0.39 is 7.44 Å². The van der Waals surface area contributed by atoms with Crippen LogP contribution in [0.5, 0.6) is 0 Å². The van der Waals surface area contributed by atoms with E-state index in [0.29, 0.717) is 26.3 Å². The third-order valence-corrected chi connectivity index (χ3v) is 10.6. The molecule has 2 aliphatic heterocycles. The van der Waals surface area contributed by atoms with Gasteiger partial charge in [-0.25, -0.2) is 0 Å². The van der Waals surface area contributed by atoms with Crippen LogP contribution in [0, 0.1) is 6.92 Å². The summed E-state index contributed by atoms with van der Waals surface area (Å²) in [5.74, 6) is -0.292. The molecule has 33 heavy (non-hydrogen) atoms. The summed E-state index contributed by atoms with van der Waals surface area (Å²) < 4.78 is 26.7. The maximum atomic E-state index is 15.7. The smallest absolute Gasteiger partial charge is 0.284 e. The number of ether oxygens (including phenoxy) is 1. The van der Waals surface area contributed by atoms with Gasteiger partial charge in [-0.3, -0.25) is 9.46 Å². The molecule has 2 aliphatic rings. The highest BCUT2D eigenvalue weighted by Gasteiger charge is 2.52. The number of hydrogen-bond donors (Lipinski definition) is 0. The highest BCUT2D eigenvalue weighted by molar-refractivity contribution is 9.10. The fourth-order valence-electron chi connectivity index (χ4n) is 4.91. The predicted molar refractivity (Wildman–Crippen MR) is 139 cm³/mol. The zero-order chi connectivity index (χ0) is 22.8. The quantitative estimate of drug-likeness (QED) is 0.365. The Morgan fingerprint density at radius 3 is 1.88 bits per heavy atom. The molecule has 7 heteroatoms. The molecule has 3 aromatic carbocycles. The Kier molecular flexibility index (Phi) is 6.62. The second-order valence-corrected chi connectivity index (χ2v) is 12.0. The summed E-state index contributed by atoms with van der Waals surface area (Å²) in [6.45, 7) is 6.30. The number of rotatable bonds is 5. The molecule has 3 aromatic rings. The van der Waals surface area contributed by atoms with Gasteiger partial charge in [0.1, 0.15) is 5.78 Å². The molecule has 0 aliphatic carbocycles. The van der Waals surface area contributed by atoms with Crippen LogP contribution in [0.4, 0.5) is 11.4 Å². The van der Waals surface area contributed by atoms with Crippen molar-refractivity contribution >= 4 is 34.7 Å². The van der Waals surface area contributed by atoms with E-state index in [1.807, 2.05) is 36.4 Å². The first-order valence-electron chi connectivity index (χ1n) is 11.4. The fourth-order valence-corrected chi connectivity index (χ4v) is 9.51. The second-order valence-electron chi connectivity index (χ2n) is 8.55. The normalized spacial score (nSPS) is 19.6. The van der Waals surface area contributed by atoms with E-state index in [-0.39, 0.29) is 5.78 Å². The number of para-hydroxylation sites is 2. The van der Waals surface area contributed by atoms with E-state index in [9.17, 15) is 0 Å². The molecule has 5 nitrogen and oxygen atoms in total. The lowest BCUT2D eigenvalue weighted by Gasteiger charge is -2.44. The number of benzene rings is 3. The lowest BCUT2D eigenvalue weighted by Crippen LogP contribution is -2.42. The summed E-state index contributed by atoms with van der Waals surface area (Å²) in [4.78, 5) is 2.36. The van der Waals surface area contributed by atoms with Crippen LogP contribution in [0.1, 0.15) is 16.9 Å². The SMILES string of the molecule is Cc1ccc([C@@H](N2CCOCC2)P2(=O)N(c3ccccc3)CCN2c2ccccc2)c(Br)c1. The Morgan fingerprint density at radius 1 is 0.818 bits per heavy atom. The molecule has 0 spiro atoms. The Morgan fingerprint density at radius 2 is 1.36 bits per heavy atom. The van der Waals surface area contributed by atoms with E-state index in [0.717, 1.165) is 34.5 Å². The van der Waals surface area contributed by atoms with Crippen LogP contribution in [0.3, 0.4) is 0 Å². The fraction of sp³-hybridized carbons (Fsp3) is 0.308. The van der Waals surface area contributed by atoms with Crippen molar-refractivity contribution in [1.82, 2.24) is 4.90 Å². The number of aryl methyl sites for hydroxylation is 1. The average molecular weight is 526 g/mol. The predicted octanol–water partition coefficient (Wildman–Crippen LogP) is 6.31. The lowest BCUT2D eigenvalue weighted by atomic mass is 10.1. The van der Waals surface area contributed by atoms with Crippen molar-refractivity contribution < 1.29 is 9.30 Å². The third kappa shape index (κ3) is 4.26. The van der Waals surface area contributed by atoms with E-state index in [1.54, 1.807) is 0 Å². The Balaban J connectivity index is 1.71. The minimum Gasteiger partial charge on any atom is -0.379 e. The number of morpholine rings is 1. The van der Waals surface area contributed by atoms with Gasteiger partial charge in [0.15, 0.2) is 0 Å². The van der Waals surface area contributed by atoms with Crippen LogP contribution >= 0.6 is 23.4 Å². The van der Waals surface area contributed by atoms with Crippen molar-refractivity contribution in [1.29, 1.82) is 0 Å². The monoisotopic (exact) mass is 525 g/mol. The minimum absolute atomic E-state index is 0.292. The Bertz CT molecular complexity index is 1090. The first-order chi connectivity index (χ1) is 16.1. The standard InChI is InChI=1S/C26H29BrN3O2P/c1-21-12-13-24(25(27)20-21)26(28-16-18-32-19-17-28)33(31)29(22-8-4-2-5-9-22)14-15-30(33)23-10-6-3-7-11-23/h2-13,20,26H,14-19H2,1H3/t26-/m0/s1. The summed E-state index contributed by atoms with van der Waals surface area (Å²) in [5.41, 5.74) is 4.24. The average Bonchev–Trinajstić information content (AvgIpc) is 3.20. The second kappa shape index (κ2) is 9.63. The van der Waals surface area contributed by atoms with Gasteiger partial charge < -0.3 is 14.1 Å². The van der Waals surface area contributed by atoms with Gasteiger partial charge in [-0.15, -0.1) is 0 Å². The highest BCUT2D eigenvalue weighted by Crippen LogP contribution is 2.70. The van der Waals surface area contributed by atoms with Gasteiger partial charge >= 0.3 is 0 Å². The summed E-state index contributed by atoms with van der Waals surface area (Å²) in [5, 5.41) is 0. The van der Waals surface area contributed by atoms with E-state index in [1.165, 1.54) is 5.56 Å². The van der Waals surface area contributed by atoms with Crippen LogP contribution in [0.25, 0.3) is 0 Å². The zero-order valence-electron chi connectivity index (χ0n) is 18.8.